The van der Waals surface area contributed by atoms with E-state index in [4.69, 9.17) is 0 Å². The molecule has 0 aromatic heterocycles. The van der Waals surface area contributed by atoms with Crippen LogP contribution in [0, 0.1) is 20.8 Å². The van der Waals surface area contributed by atoms with E-state index in [9.17, 15) is 0 Å². The fourth-order valence-electron chi connectivity index (χ4n) is 4.48. The fourth-order valence-corrected chi connectivity index (χ4v) is 4.48. The second kappa shape index (κ2) is 6.64. The third-order valence-electron chi connectivity index (χ3n) is 6.02. The van der Waals surface area contributed by atoms with Gasteiger partial charge in [-0.2, -0.15) is 0 Å². The first-order valence-corrected chi connectivity index (χ1v) is 9.54. The van der Waals surface area contributed by atoms with Gasteiger partial charge in [-0.15, -0.1) is 0 Å². The summed E-state index contributed by atoms with van der Waals surface area (Å²) in [6, 6.07) is 13.4. The average Bonchev–Trinajstić information content (AvgIpc) is 3.02. The quantitative estimate of drug-likeness (QED) is 0.633. The van der Waals surface area contributed by atoms with Gasteiger partial charge < -0.3 is 4.90 Å². The summed E-state index contributed by atoms with van der Waals surface area (Å²) in [7, 11) is 0. The zero-order valence-corrected chi connectivity index (χ0v) is 16.1. The lowest BCUT2D eigenvalue weighted by Crippen LogP contribution is -2.30. The van der Waals surface area contributed by atoms with Crippen LogP contribution in [-0.2, 0) is 6.42 Å². The van der Waals surface area contributed by atoms with Crippen molar-refractivity contribution in [2.24, 2.45) is 0 Å². The molecule has 1 heterocycles. The molecule has 0 N–H and O–H groups in total. The zero-order valence-electron chi connectivity index (χ0n) is 16.1. The van der Waals surface area contributed by atoms with Crippen LogP contribution in [0.1, 0.15) is 39.8 Å². The van der Waals surface area contributed by atoms with Crippen molar-refractivity contribution in [3.8, 4) is 0 Å². The third-order valence-corrected chi connectivity index (χ3v) is 6.02. The van der Waals surface area contributed by atoms with E-state index in [1.807, 2.05) is 6.08 Å². The van der Waals surface area contributed by atoms with Crippen molar-refractivity contribution in [1.29, 1.82) is 0 Å². The SMILES string of the molecule is C=C/C=C(\c1c(C)ccc(C)c1C)N1CCC2=C(C1)c1ccccc1C2. The van der Waals surface area contributed by atoms with Crippen LogP contribution in [0.25, 0.3) is 11.3 Å². The highest BCUT2D eigenvalue weighted by atomic mass is 15.1. The molecule has 4 rings (SSSR count). The molecule has 0 unspecified atom stereocenters. The first kappa shape index (κ1) is 16.9. The van der Waals surface area contributed by atoms with Crippen molar-refractivity contribution in [2.45, 2.75) is 33.6 Å². The number of rotatable bonds is 3. The molecule has 0 bridgehead atoms. The van der Waals surface area contributed by atoms with Crippen LogP contribution in [-0.4, -0.2) is 18.0 Å². The molecule has 1 nitrogen and oxygen atoms in total. The van der Waals surface area contributed by atoms with Crippen LogP contribution in [0.15, 0.2) is 60.7 Å². The van der Waals surface area contributed by atoms with Crippen LogP contribution in [0.2, 0.25) is 0 Å². The van der Waals surface area contributed by atoms with Gasteiger partial charge in [0, 0.05) is 24.4 Å². The molecule has 0 fully saturated rings. The Morgan fingerprint density at radius 3 is 2.62 bits per heavy atom. The van der Waals surface area contributed by atoms with Gasteiger partial charge in [-0.05, 0) is 73.1 Å². The minimum Gasteiger partial charge on any atom is -0.366 e. The lowest BCUT2D eigenvalue weighted by atomic mass is 9.93. The van der Waals surface area contributed by atoms with E-state index in [2.05, 4.69) is 74.7 Å². The summed E-state index contributed by atoms with van der Waals surface area (Å²) in [6.07, 6.45) is 6.43. The number of aryl methyl sites for hydroxylation is 2. The summed E-state index contributed by atoms with van der Waals surface area (Å²) in [6.45, 7) is 12.7. The number of hydrogen-bond donors (Lipinski definition) is 0. The summed E-state index contributed by atoms with van der Waals surface area (Å²) in [5.74, 6) is 0. The Balaban J connectivity index is 1.74. The maximum absolute atomic E-state index is 3.99. The minimum absolute atomic E-state index is 0.999. The van der Waals surface area contributed by atoms with Gasteiger partial charge in [-0.25, -0.2) is 0 Å². The van der Waals surface area contributed by atoms with Crippen molar-refractivity contribution in [2.75, 3.05) is 13.1 Å². The lowest BCUT2D eigenvalue weighted by molar-refractivity contribution is 0.431. The minimum atomic E-state index is 0.999. The lowest BCUT2D eigenvalue weighted by Gasteiger charge is -2.34. The van der Waals surface area contributed by atoms with Gasteiger partial charge in [-0.3, -0.25) is 0 Å². The molecule has 0 spiro atoms. The van der Waals surface area contributed by atoms with E-state index >= 15 is 0 Å². The first-order valence-electron chi connectivity index (χ1n) is 9.54. The molecule has 1 aliphatic heterocycles. The van der Waals surface area contributed by atoms with Gasteiger partial charge >= 0.3 is 0 Å². The topological polar surface area (TPSA) is 3.24 Å². The highest BCUT2D eigenvalue weighted by Crippen LogP contribution is 2.40. The van der Waals surface area contributed by atoms with Gasteiger partial charge in [0.1, 0.15) is 0 Å². The van der Waals surface area contributed by atoms with E-state index in [1.54, 1.807) is 11.1 Å². The van der Waals surface area contributed by atoms with Crippen LogP contribution in [0.3, 0.4) is 0 Å². The van der Waals surface area contributed by atoms with E-state index in [0.717, 1.165) is 25.9 Å². The van der Waals surface area contributed by atoms with E-state index in [0.29, 0.717) is 0 Å². The number of fused-ring (bicyclic) bond motifs is 2. The summed E-state index contributed by atoms with van der Waals surface area (Å²) >= 11 is 0. The van der Waals surface area contributed by atoms with E-state index in [-0.39, 0.29) is 0 Å². The fraction of sp³-hybridized carbons (Fsp3) is 0.280. The van der Waals surface area contributed by atoms with Crippen molar-refractivity contribution in [3.63, 3.8) is 0 Å². The molecule has 2 aromatic carbocycles. The molecule has 0 amide bonds. The van der Waals surface area contributed by atoms with E-state index in [1.165, 1.54) is 39.1 Å². The molecule has 0 saturated heterocycles. The van der Waals surface area contributed by atoms with Gasteiger partial charge in [-0.1, -0.05) is 54.6 Å². The number of allylic oxidation sites excluding steroid dienone is 2. The monoisotopic (exact) mass is 341 g/mol. The van der Waals surface area contributed by atoms with Crippen LogP contribution < -0.4 is 0 Å². The molecule has 2 aromatic rings. The molecular weight excluding hydrogens is 314 g/mol. The second-order valence-corrected chi connectivity index (χ2v) is 7.57. The maximum Gasteiger partial charge on any atom is 0.0448 e. The molecule has 26 heavy (non-hydrogen) atoms. The van der Waals surface area contributed by atoms with Crippen molar-refractivity contribution in [3.05, 3.63) is 94.1 Å². The van der Waals surface area contributed by atoms with Crippen LogP contribution in [0.5, 0.6) is 0 Å². The van der Waals surface area contributed by atoms with Gasteiger partial charge in [0.2, 0.25) is 0 Å². The van der Waals surface area contributed by atoms with Crippen molar-refractivity contribution >= 4 is 11.3 Å². The first-order chi connectivity index (χ1) is 12.6. The summed E-state index contributed by atoms with van der Waals surface area (Å²) < 4.78 is 0. The Morgan fingerprint density at radius 1 is 1.04 bits per heavy atom. The van der Waals surface area contributed by atoms with Gasteiger partial charge in [0.05, 0.1) is 0 Å². The number of hydrogen-bond acceptors (Lipinski definition) is 1. The molecule has 1 aliphatic carbocycles. The Kier molecular flexibility index (Phi) is 4.32. The van der Waals surface area contributed by atoms with Gasteiger partial charge in [0.15, 0.2) is 0 Å². The summed E-state index contributed by atoms with van der Waals surface area (Å²) in [5, 5.41) is 0. The smallest absolute Gasteiger partial charge is 0.0448 e. The van der Waals surface area contributed by atoms with Crippen LogP contribution >= 0.6 is 0 Å². The largest absolute Gasteiger partial charge is 0.366 e. The Morgan fingerprint density at radius 2 is 1.81 bits per heavy atom. The Labute approximate surface area is 157 Å². The maximum atomic E-state index is 3.99. The molecule has 2 aliphatic rings. The summed E-state index contributed by atoms with van der Waals surface area (Å²) in [5.41, 5.74) is 12.9. The highest BCUT2D eigenvalue weighted by Gasteiger charge is 2.28. The molecule has 132 valence electrons. The molecule has 0 saturated carbocycles. The number of nitrogens with zero attached hydrogens (tertiary/aromatic N) is 1. The van der Waals surface area contributed by atoms with Gasteiger partial charge in [0.25, 0.3) is 0 Å². The predicted octanol–water partition coefficient (Wildman–Crippen LogP) is 5.85. The third kappa shape index (κ3) is 2.72. The van der Waals surface area contributed by atoms with Crippen molar-refractivity contribution in [1.82, 2.24) is 4.90 Å². The molecular formula is C25H27N. The van der Waals surface area contributed by atoms with Crippen LogP contribution in [0.4, 0.5) is 0 Å². The molecule has 0 radical (unpaired) electrons. The zero-order chi connectivity index (χ0) is 18.3. The normalized spacial score (nSPS) is 16.6. The summed E-state index contributed by atoms with van der Waals surface area (Å²) in [4.78, 5) is 2.55. The van der Waals surface area contributed by atoms with E-state index < -0.39 is 0 Å². The standard InChI is InChI=1S/C25H27N/c1-5-8-24(25-18(3)12-11-17(2)19(25)4)26-14-13-21-15-20-9-6-7-10-22(20)23(21)16-26/h5-12H,1,13-16H2,2-4H3/b24-8+. The molecule has 0 atom stereocenters. The average molecular weight is 341 g/mol. The Hall–Kier alpha value is -2.54. The number of benzene rings is 2. The predicted molar refractivity (Wildman–Crippen MR) is 112 cm³/mol. The highest BCUT2D eigenvalue weighted by molar-refractivity contribution is 5.81. The second-order valence-electron chi connectivity index (χ2n) is 7.57. The molecule has 1 heteroatoms. The Bertz CT molecular complexity index is 943. The van der Waals surface area contributed by atoms with Crippen molar-refractivity contribution < 1.29 is 0 Å².